The molecule has 170 valence electrons. The van der Waals surface area contributed by atoms with Crippen LogP contribution in [0.5, 0.6) is 6.01 Å². The maximum Gasteiger partial charge on any atom is 0.309 e. The molecule has 1 saturated carbocycles. The zero-order valence-electron chi connectivity index (χ0n) is 18.9. The van der Waals surface area contributed by atoms with Crippen LogP contribution in [0.15, 0.2) is 30.3 Å². The van der Waals surface area contributed by atoms with Gasteiger partial charge in [0.15, 0.2) is 5.65 Å². The number of rotatable bonds is 6. The molecule has 0 unspecified atom stereocenters. The third kappa shape index (κ3) is 4.39. The molecule has 2 aromatic heterocycles. The summed E-state index contributed by atoms with van der Waals surface area (Å²) in [4.78, 5) is 25.9. The molecule has 1 aromatic carbocycles. The smallest absolute Gasteiger partial charge is 0.309 e. The molecule has 1 aliphatic carbocycles. The first-order valence-corrected chi connectivity index (χ1v) is 11.3. The van der Waals surface area contributed by atoms with E-state index in [-0.39, 0.29) is 12.0 Å². The van der Waals surface area contributed by atoms with Crippen LogP contribution >= 0.6 is 11.6 Å². The number of hydrogen-bond acceptors (Lipinski definition) is 5. The normalized spacial score (nSPS) is 19.2. The van der Waals surface area contributed by atoms with E-state index in [1.807, 2.05) is 63.2 Å². The fourth-order valence-electron chi connectivity index (χ4n) is 4.31. The number of fused-ring (bicyclic) bond motifs is 1. The third-order valence-corrected chi connectivity index (χ3v) is 6.87. The molecular weight excluding hydrogens is 428 g/mol. The van der Waals surface area contributed by atoms with Gasteiger partial charge >= 0.3 is 5.97 Å². The average molecular weight is 457 g/mol. The summed E-state index contributed by atoms with van der Waals surface area (Å²) in [6.45, 7) is 3.61. The quantitative estimate of drug-likeness (QED) is 0.516. The molecule has 4 rings (SSSR count). The molecule has 8 heteroatoms. The van der Waals surface area contributed by atoms with Crippen molar-refractivity contribution in [2.24, 2.45) is 11.3 Å². The molecule has 0 bridgehead atoms. The first kappa shape index (κ1) is 22.4. The Kier molecular flexibility index (Phi) is 6.03. The van der Waals surface area contributed by atoms with Crippen LogP contribution in [0.2, 0.25) is 5.02 Å². The van der Waals surface area contributed by atoms with E-state index in [0.29, 0.717) is 22.4 Å². The molecule has 0 aliphatic heterocycles. The van der Waals surface area contributed by atoms with Crippen molar-refractivity contribution in [3.8, 4) is 17.3 Å². The number of aromatic amines is 1. The molecule has 2 N–H and O–H groups in total. The van der Waals surface area contributed by atoms with Gasteiger partial charge in [0.2, 0.25) is 0 Å². The topological polar surface area (TPSA) is 91.3 Å². The lowest BCUT2D eigenvalue weighted by Gasteiger charge is -2.36. The predicted molar refractivity (Wildman–Crippen MR) is 126 cm³/mol. The number of hydrogen-bond donors (Lipinski definition) is 2. The molecule has 7 nitrogen and oxygen atoms in total. The van der Waals surface area contributed by atoms with E-state index in [9.17, 15) is 9.90 Å². The van der Waals surface area contributed by atoms with Crippen LogP contribution in [-0.2, 0) is 4.79 Å². The number of carboxylic acid groups (broad SMARTS) is 1. The predicted octanol–water partition coefficient (Wildman–Crippen LogP) is 5.39. The summed E-state index contributed by atoms with van der Waals surface area (Å²) in [7, 11) is 3.99. The van der Waals surface area contributed by atoms with Gasteiger partial charge in [0.05, 0.1) is 21.6 Å². The van der Waals surface area contributed by atoms with Crippen molar-refractivity contribution in [2.45, 2.75) is 45.6 Å². The van der Waals surface area contributed by atoms with Crippen molar-refractivity contribution in [2.75, 3.05) is 19.0 Å². The first-order chi connectivity index (χ1) is 15.1. The summed E-state index contributed by atoms with van der Waals surface area (Å²) in [5, 5.41) is 10.0. The van der Waals surface area contributed by atoms with Crippen LogP contribution in [0.3, 0.4) is 0 Å². The van der Waals surface area contributed by atoms with E-state index in [1.54, 1.807) is 0 Å². The minimum atomic E-state index is -0.741. The Morgan fingerprint density at radius 1 is 1.16 bits per heavy atom. The molecule has 0 atom stereocenters. The zero-order chi connectivity index (χ0) is 23.0. The molecule has 1 aliphatic rings. The van der Waals surface area contributed by atoms with Gasteiger partial charge in [-0.2, -0.15) is 4.98 Å². The highest BCUT2D eigenvalue weighted by atomic mass is 35.5. The Morgan fingerprint density at radius 2 is 1.81 bits per heavy atom. The zero-order valence-corrected chi connectivity index (χ0v) is 19.6. The Balaban J connectivity index is 1.48. The van der Waals surface area contributed by atoms with Crippen molar-refractivity contribution in [3.05, 3.63) is 35.4 Å². The maximum atomic E-state index is 11.5. The van der Waals surface area contributed by atoms with Crippen LogP contribution in [0, 0.1) is 11.3 Å². The lowest BCUT2D eigenvalue weighted by molar-refractivity contribution is -0.151. The number of imidazole rings is 1. The van der Waals surface area contributed by atoms with Gasteiger partial charge in [-0.15, -0.1) is 0 Å². The third-order valence-electron chi connectivity index (χ3n) is 6.59. The minimum Gasteiger partial charge on any atom is -0.481 e. The van der Waals surface area contributed by atoms with Crippen LogP contribution in [-0.4, -0.2) is 46.2 Å². The monoisotopic (exact) mass is 456 g/mol. The van der Waals surface area contributed by atoms with E-state index < -0.39 is 11.4 Å². The number of carbonyl (C=O) groups is 1. The highest BCUT2D eigenvalue weighted by Crippen LogP contribution is 2.39. The molecule has 0 amide bonds. The fraction of sp³-hybridized carbons (Fsp3) is 0.458. The second-order valence-corrected chi connectivity index (χ2v) is 9.70. The van der Waals surface area contributed by atoms with Gasteiger partial charge in [0, 0.05) is 25.3 Å². The summed E-state index contributed by atoms with van der Waals surface area (Å²) in [5.74, 6) is -0.591. The molecule has 0 radical (unpaired) electrons. The minimum absolute atomic E-state index is 0.00456. The van der Waals surface area contributed by atoms with Gasteiger partial charge < -0.3 is 19.7 Å². The van der Waals surface area contributed by atoms with Crippen molar-refractivity contribution < 1.29 is 14.6 Å². The van der Waals surface area contributed by atoms with Gasteiger partial charge in [-0.05, 0) is 63.6 Å². The Labute approximate surface area is 192 Å². The number of aliphatic carboxylic acids is 1. The van der Waals surface area contributed by atoms with Crippen LogP contribution in [0.1, 0.15) is 39.5 Å². The van der Waals surface area contributed by atoms with E-state index in [1.165, 1.54) is 0 Å². The number of carboxylic acids is 1. The van der Waals surface area contributed by atoms with Crippen LogP contribution in [0.4, 0.5) is 5.69 Å². The number of halogens is 1. The van der Waals surface area contributed by atoms with E-state index >= 15 is 0 Å². The largest absolute Gasteiger partial charge is 0.481 e. The number of nitrogens with one attached hydrogen (secondary N) is 1. The van der Waals surface area contributed by atoms with Gasteiger partial charge in [-0.3, -0.25) is 4.79 Å². The number of pyridine rings is 1. The number of nitrogens with zero attached hydrogens (tertiary/aromatic N) is 3. The van der Waals surface area contributed by atoms with Crippen LogP contribution < -0.4 is 9.64 Å². The maximum absolute atomic E-state index is 11.5. The van der Waals surface area contributed by atoms with E-state index in [4.69, 9.17) is 16.3 Å². The first-order valence-electron chi connectivity index (χ1n) is 10.9. The standard InChI is InChI=1S/C24H29ClN4O3/c1-24(2,22(30)31)15-7-11-17(12-8-15)32-23-26-19-13-18(25)20(27-21(19)28-23)14-5-9-16(10-6-14)29(3)4/h5-6,9-10,13,15,17H,7-8,11-12H2,1-4H3,(H,30,31)(H,26,27,28). The summed E-state index contributed by atoms with van der Waals surface area (Å²) in [6.07, 6.45) is 3.25. The lowest BCUT2D eigenvalue weighted by atomic mass is 9.70. The Morgan fingerprint density at radius 3 is 2.41 bits per heavy atom. The summed E-state index contributed by atoms with van der Waals surface area (Å²) < 4.78 is 6.09. The number of anilines is 1. The lowest BCUT2D eigenvalue weighted by Crippen LogP contribution is -2.37. The summed E-state index contributed by atoms with van der Waals surface area (Å²) >= 11 is 6.52. The molecular formula is C24H29ClN4O3. The van der Waals surface area contributed by atoms with Crippen molar-refractivity contribution in [1.82, 2.24) is 15.0 Å². The number of aromatic nitrogens is 3. The SMILES string of the molecule is CN(C)c1ccc(-c2nc3nc(OC4CCC(C(C)(C)C(=O)O)CC4)[nH]c3cc2Cl)cc1. The molecule has 0 saturated heterocycles. The van der Waals surface area contributed by atoms with Crippen molar-refractivity contribution in [1.29, 1.82) is 0 Å². The van der Waals surface area contributed by atoms with Crippen molar-refractivity contribution in [3.63, 3.8) is 0 Å². The average Bonchev–Trinajstić information content (AvgIpc) is 3.14. The van der Waals surface area contributed by atoms with Gasteiger partial charge in [0.1, 0.15) is 6.10 Å². The number of benzene rings is 1. The second kappa shape index (κ2) is 8.62. The Hall–Kier alpha value is -2.80. The number of H-pyrrole nitrogens is 1. The highest BCUT2D eigenvalue weighted by molar-refractivity contribution is 6.33. The molecule has 1 fully saturated rings. The summed E-state index contributed by atoms with van der Waals surface area (Å²) in [5.41, 5.74) is 3.26. The van der Waals surface area contributed by atoms with Gasteiger partial charge in [-0.25, -0.2) is 4.98 Å². The summed E-state index contributed by atoms with van der Waals surface area (Å²) in [6, 6.07) is 10.3. The highest BCUT2D eigenvalue weighted by Gasteiger charge is 2.39. The van der Waals surface area contributed by atoms with E-state index in [2.05, 4.69) is 15.0 Å². The van der Waals surface area contributed by atoms with Gasteiger partial charge in [0.25, 0.3) is 6.01 Å². The molecule has 3 aromatic rings. The Bertz CT molecular complexity index is 1120. The van der Waals surface area contributed by atoms with E-state index in [0.717, 1.165) is 42.5 Å². The van der Waals surface area contributed by atoms with Crippen molar-refractivity contribution >= 4 is 34.4 Å². The second-order valence-electron chi connectivity index (χ2n) is 9.29. The molecule has 2 heterocycles. The number of ether oxygens (including phenoxy) is 1. The molecule has 0 spiro atoms. The molecule has 32 heavy (non-hydrogen) atoms. The fourth-order valence-corrected chi connectivity index (χ4v) is 4.57. The van der Waals surface area contributed by atoms with Crippen LogP contribution in [0.25, 0.3) is 22.4 Å². The van der Waals surface area contributed by atoms with Gasteiger partial charge in [-0.1, -0.05) is 23.7 Å².